The first-order valence-electron chi connectivity index (χ1n) is 8.10. The van der Waals surface area contributed by atoms with Crippen molar-refractivity contribution >= 4 is 11.8 Å². The van der Waals surface area contributed by atoms with Crippen molar-refractivity contribution in [2.45, 2.75) is 45.2 Å². The second kappa shape index (κ2) is 6.95. The molecule has 1 saturated heterocycles. The number of nitrogens with zero attached hydrogens (tertiary/aromatic N) is 4. The number of aromatic nitrogens is 3. The molecule has 0 spiro atoms. The number of carbonyl (C=O) groups is 1. The van der Waals surface area contributed by atoms with Gasteiger partial charge < -0.3 is 4.52 Å². The highest BCUT2D eigenvalue weighted by Crippen LogP contribution is 2.20. The van der Waals surface area contributed by atoms with Crippen LogP contribution in [0.1, 0.15) is 38.3 Å². The van der Waals surface area contributed by atoms with E-state index in [0.29, 0.717) is 18.5 Å². The second-order valence-corrected chi connectivity index (χ2v) is 6.31. The molecular weight excluding hydrogens is 294 g/mol. The van der Waals surface area contributed by atoms with Gasteiger partial charge in [-0.2, -0.15) is 5.10 Å². The van der Waals surface area contributed by atoms with Crippen LogP contribution in [0.25, 0.3) is 0 Å². The zero-order valence-corrected chi connectivity index (χ0v) is 13.6. The highest BCUT2D eigenvalue weighted by atomic mass is 16.5. The van der Waals surface area contributed by atoms with Crippen LogP contribution < -0.4 is 5.32 Å². The normalized spacial score (nSPS) is 18.7. The fraction of sp³-hybridized carbons (Fsp3) is 0.562. The lowest BCUT2D eigenvalue weighted by atomic mass is 10.1. The molecule has 23 heavy (non-hydrogen) atoms. The molecule has 1 N–H and O–H groups in total. The van der Waals surface area contributed by atoms with E-state index < -0.39 is 0 Å². The Kier molecular flexibility index (Phi) is 4.76. The first-order valence-corrected chi connectivity index (χ1v) is 8.10. The van der Waals surface area contributed by atoms with E-state index in [9.17, 15) is 4.79 Å². The molecule has 0 saturated carbocycles. The van der Waals surface area contributed by atoms with Crippen LogP contribution in [0.2, 0.25) is 0 Å². The molecule has 124 valence electrons. The third-order valence-corrected chi connectivity index (χ3v) is 4.19. The fourth-order valence-electron chi connectivity index (χ4n) is 2.92. The summed E-state index contributed by atoms with van der Waals surface area (Å²) in [5.41, 5.74) is 0.845. The van der Waals surface area contributed by atoms with E-state index in [1.54, 1.807) is 12.3 Å². The predicted molar refractivity (Wildman–Crippen MR) is 86.0 cm³/mol. The number of carbonyl (C=O) groups excluding carboxylic acids is 1. The SMILES string of the molecule is CC(C)c1cc(NC(=O)CN2CCC[C@@H]2Cn2cccn2)on1. The van der Waals surface area contributed by atoms with Crippen LogP contribution in [0.5, 0.6) is 0 Å². The van der Waals surface area contributed by atoms with Gasteiger partial charge in [0, 0.05) is 24.5 Å². The van der Waals surface area contributed by atoms with Crippen LogP contribution in [0.4, 0.5) is 5.88 Å². The summed E-state index contributed by atoms with van der Waals surface area (Å²) in [4.78, 5) is 14.4. The van der Waals surface area contributed by atoms with Gasteiger partial charge in [-0.05, 0) is 31.4 Å². The minimum absolute atomic E-state index is 0.0659. The molecule has 0 bridgehead atoms. The van der Waals surface area contributed by atoms with E-state index in [1.165, 1.54) is 0 Å². The quantitative estimate of drug-likeness (QED) is 0.883. The largest absolute Gasteiger partial charge is 0.338 e. The van der Waals surface area contributed by atoms with E-state index in [4.69, 9.17) is 4.52 Å². The average molecular weight is 317 g/mol. The summed E-state index contributed by atoms with van der Waals surface area (Å²) >= 11 is 0. The van der Waals surface area contributed by atoms with Crippen molar-refractivity contribution in [3.63, 3.8) is 0 Å². The third kappa shape index (κ3) is 3.98. The van der Waals surface area contributed by atoms with Crippen molar-refractivity contribution in [2.75, 3.05) is 18.4 Å². The highest BCUT2D eigenvalue weighted by Gasteiger charge is 2.27. The zero-order valence-electron chi connectivity index (χ0n) is 13.6. The van der Waals surface area contributed by atoms with Gasteiger partial charge in [-0.25, -0.2) is 0 Å². The number of anilines is 1. The molecular formula is C16H23N5O2. The van der Waals surface area contributed by atoms with E-state index >= 15 is 0 Å². The lowest BCUT2D eigenvalue weighted by Gasteiger charge is -2.23. The van der Waals surface area contributed by atoms with Gasteiger partial charge in [0.15, 0.2) is 0 Å². The van der Waals surface area contributed by atoms with Gasteiger partial charge in [0.2, 0.25) is 11.8 Å². The summed E-state index contributed by atoms with van der Waals surface area (Å²) in [7, 11) is 0. The summed E-state index contributed by atoms with van der Waals surface area (Å²) in [6.07, 6.45) is 5.94. The summed E-state index contributed by atoms with van der Waals surface area (Å²) in [5.74, 6) is 0.631. The maximum atomic E-state index is 12.2. The predicted octanol–water partition coefficient (Wildman–Crippen LogP) is 2.10. The van der Waals surface area contributed by atoms with Crippen LogP contribution in [-0.2, 0) is 11.3 Å². The molecule has 1 aliphatic rings. The van der Waals surface area contributed by atoms with Crippen LogP contribution in [0, 0.1) is 0 Å². The highest BCUT2D eigenvalue weighted by molar-refractivity contribution is 5.91. The molecule has 1 amide bonds. The molecule has 3 rings (SSSR count). The molecule has 2 aromatic rings. The number of likely N-dealkylation sites (tertiary alicyclic amines) is 1. The Bertz CT molecular complexity index is 635. The van der Waals surface area contributed by atoms with Crippen molar-refractivity contribution in [3.05, 3.63) is 30.2 Å². The minimum atomic E-state index is -0.0659. The summed E-state index contributed by atoms with van der Waals surface area (Å²) in [5, 5.41) is 11.0. The Balaban J connectivity index is 1.53. The number of amides is 1. The third-order valence-electron chi connectivity index (χ3n) is 4.19. The van der Waals surface area contributed by atoms with Crippen molar-refractivity contribution < 1.29 is 9.32 Å². The summed E-state index contributed by atoms with van der Waals surface area (Å²) in [6, 6.07) is 4.05. The number of rotatable bonds is 6. The van der Waals surface area contributed by atoms with Gasteiger partial charge in [0.25, 0.3) is 0 Å². The first-order chi connectivity index (χ1) is 11.1. The number of hydrogen-bond donors (Lipinski definition) is 1. The standard InChI is InChI=1S/C16H23N5O2/c1-12(2)14-9-16(23-19-14)18-15(22)11-20-7-3-5-13(20)10-21-8-4-6-17-21/h4,6,8-9,12-13H,3,5,7,10-11H2,1-2H3,(H,18,22)/t13-/m1/s1. The molecule has 1 atom stereocenters. The second-order valence-electron chi connectivity index (χ2n) is 6.31. The van der Waals surface area contributed by atoms with Crippen LogP contribution >= 0.6 is 0 Å². The molecule has 2 aromatic heterocycles. The Morgan fingerprint density at radius 1 is 1.52 bits per heavy atom. The van der Waals surface area contributed by atoms with Crippen molar-refractivity contribution in [1.82, 2.24) is 19.8 Å². The first kappa shape index (κ1) is 15.7. The molecule has 0 aliphatic carbocycles. The molecule has 1 aliphatic heterocycles. The lowest BCUT2D eigenvalue weighted by Crippen LogP contribution is -2.39. The van der Waals surface area contributed by atoms with Crippen molar-refractivity contribution in [2.24, 2.45) is 0 Å². The number of nitrogens with one attached hydrogen (secondary N) is 1. The van der Waals surface area contributed by atoms with Crippen LogP contribution in [-0.4, -0.2) is 44.9 Å². The summed E-state index contributed by atoms with van der Waals surface area (Å²) in [6.45, 7) is 6.19. The molecule has 3 heterocycles. The molecule has 7 nitrogen and oxygen atoms in total. The lowest BCUT2D eigenvalue weighted by molar-refractivity contribution is -0.117. The smallest absolute Gasteiger partial charge is 0.240 e. The Morgan fingerprint density at radius 2 is 2.39 bits per heavy atom. The van der Waals surface area contributed by atoms with E-state index in [-0.39, 0.29) is 11.8 Å². The van der Waals surface area contributed by atoms with Gasteiger partial charge >= 0.3 is 0 Å². The van der Waals surface area contributed by atoms with E-state index in [1.807, 2.05) is 30.8 Å². The van der Waals surface area contributed by atoms with Crippen LogP contribution in [0.3, 0.4) is 0 Å². The maximum Gasteiger partial charge on any atom is 0.240 e. The molecule has 0 unspecified atom stereocenters. The summed E-state index contributed by atoms with van der Waals surface area (Å²) < 4.78 is 7.08. The van der Waals surface area contributed by atoms with E-state index in [0.717, 1.165) is 31.6 Å². The molecule has 0 aromatic carbocycles. The Morgan fingerprint density at radius 3 is 3.09 bits per heavy atom. The Labute approximate surface area is 135 Å². The number of hydrogen-bond acceptors (Lipinski definition) is 5. The van der Waals surface area contributed by atoms with Crippen molar-refractivity contribution in [3.8, 4) is 0 Å². The van der Waals surface area contributed by atoms with Crippen molar-refractivity contribution in [1.29, 1.82) is 0 Å². The molecule has 7 heteroatoms. The van der Waals surface area contributed by atoms with Gasteiger partial charge in [-0.1, -0.05) is 19.0 Å². The minimum Gasteiger partial charge on any atom is -0.338 e. The van der Waals surface area contributed by atoms with Gasteiger partial charge in [0.05, 0.1) is 18.8 Å². The Hall–Kier alpha value is -2.15. The van der Waals surface area contributed by atoms with E-state index in [2.05, 4.69) is 20.5 Å². The molecule has 1 fully saturated rings. The van der Waals surface area contributed by atoms with Gasteiger partial charge in [-0.15, -0.1) is 0 Å². The van der Waals surface area contributed by atoms with Gasteiger partial charge in [-0.3, -0.25) is 19.7 Å². The average Bonchev–Trinajstić information content (AvgIpc) is 3.22. The topological polar surface area (TPSA) is 76.2 Å². The van der Waals surface area contributed by atoms with Crippen LogP contribution in [0.15, 0.2) is 29.0 Å². The van der Waals surface area contributed by atoms with Gasteiger partial charge in [0.1, 0.15) is 0 Å². The molecule has 0 radical (unpaired) electrons. The maximum absolute atomic E-state index is 12.2. The zero-order chi connectivity index (χ0) is 16.2. The fourth-order valence-corrected chi connectivity index (χ4v) is 2.92. The monoisotopic (exact) mass is 317 g/mol.